The fraction of sp³-hybridized carbons (Fsp3) is 0.357. The third-order valence-electron chi connectivity index (χ3n) is 3.36. The Balaban J connectivity index is 1.81. The zero-order valence-electron chi connectivity index (χ0n) is 10.9. The van der Waals surface area contributed by atoms with Crippen LogP contribution in [0.1, 0.15) is 31.6 Å². The van der Waals surface area contributed by atoms with E-state index in [-0.39, 0.29) is 0 Å². The van der Waals surface area contributed by atoms with Gasteiger partial charge in [-0.05, 0) is 31.9 Å². The number of aromatic nitrogens is 1. The third-order valence-corrected chi connectivity index (χ3v) is 3.36. The number of amides is 1. The molecule has 1 aromatic carbocycles. The van der Waals surface area contributed by atoms with Crippen molar-refractivity contribution in [2.45, 2.75) is 25.7 Å². The molecule has 2 N–H and O–H groups in total. The number of aliphatic carboxylic acids is 1. The van der Waals surface area contributed by atoms with Crippen LogP contribution < -0.4 is 5.32 Å². The smallest absolute Gasteiger partial charge is 0.315 e. The Morgan fingerprint density at radius 2 is 2.20 bits per heavy atom. The molecule has 0 bridgehead atoms. The first-order valence-corrected chi connectivity index (χ1v) is 6.49. The van der Waals surface area contributed by atoms with E-state index < -0.39 is 17.8 Å². The zero-order valence-corrected chi connectivity index (χ0v) is 10.9. The maximum Gasteiger partial charge on any atom is 0.315 e. The molecule has 1 fully saturated rings. The fourth-order valence-electron chi connectivity index (χ4n) is 1.89. The molecule has 6 nitrogen and oxygen atoms in total. The Morgan fingerprint density at radius 3 is 2.85 bits per heavy atom. The lowest BCUT2D eigenvalue weighted by atomic mass is 10.1. The summed E-state index contributed by atoms with van der Waals surface area (Å²) >= 11 is 0. The van der Waals surface area contributed by atoms with E-state index in [4.69, 9.17) is 9.52 Å². The summed E-state index contributed by atoms with van der Waals surface area (Å²) in [5.74, 6) is -1.64. The van der Waals surface area contributed by atoms with Gasteiger partial charge in [0.2, 0.25) is 5.91 Å². The molecule has 0 spiro atoms. The highest BCUT2D eigenvalue weighted by Gasteiger charge is 2.29. The standard InChI is InChI=1S/C14H14N2O4/c1-7(14(18)19)12(17)15-9-4-5-10-11(6-9)20-13(16-10)8-2-3-8/h4-8H,2-3H2,1H3,(H,15,17)(H,18,19). The molecule has 1 aliphatic rings. The minimum Gasteiger partial charge on any atom is -0.481 e. The number of fused-ring (bicyclic) bond motifs is 1. The number of hydrogen-bond acceptors (Lipinski definition) is 4. The number of carbonyl (C=O) groups excluding carboxylic acids is 1. The highest BCUT2D eigenvalue weighted by molar-refractivity contribution is 6.04. The van der Waals surface area contributed by atoms with E-state index in [2.05, 4.69) is 10.3 Å². The number of nitrogens with one attached hydrogen (secondary N) is 1. The number of benzene rings is 1. The fourth-order valence-corrected chi connectivity index (χ4v) is 1.89. The van der Waals surface area contributed by atoms with Crippen molar-refractivity contribution in [1.29, 1.82) is 0 Å². The van der Waals surface area contributed by atoms with Crippen molar-refractivity contribution >= 4 is 28.7 Å². The van der Waals surface area contributed by atoms with Gasteiger partial charge in [0.05, 0.1) is 0 Å². The van der Waals surface area contributed by atoms with Crippen LogP contribution in [0.25, 0.3) is 11.1 Å². The quantitative estimate of drug-likeness (QED) is 0.835. The van der Waals surface area contributed by atoms with Crippen molar-refractivity contribution in [3.8, 4) is 0 Å². The van der Waals surface area contributed by atoms with Gasteiger partial charge in [-0.15, -0.1) is 0 Å². The highest BCUT2D eigenvalue weighted by Crippen LogP contribution is 2.40. The average molecular weight is 274 g/mol. The van der Waals surface area contributed by atoms with Gasteiger partial charge in [0.25, 0.3) is 0 Å². The maximum absolute atomic E-state index is 11.7. The van der Waals surface area contributed by atoms with E-state index in [9.17, 15) is 9.59 Å². The Hall–Kier alpha value is -2.37. The molecule has 104 valence electrons. The van der Waals surface area contributed by atoms with Crippen LogP contribution in [0.4, 0.5) is 5.69 Å². The summed E-state index contributed by atoms with van der Waals surface area (Å²) in [4.78, 5) is 26.8. The van der Waals surface area contributed by atoms with Crippen molar-refractivity contribution in [3.05, 3.63) is 24.1 Å². The first kappa shape index (κ1) is 12.7. The second-order valence-corrected chi connectivity index (χ2v) is 5.06. The maximum atomic E-state index is 11.7. The zero-order chi connectivity index (χ0) is 14.3. The van der Waals surface area contributed by atoms with Gasteiger partial charge in [0.15, 0.2) is 11.5 Å². The highest BCUT2D eigenvalue weighted by atomic mass is 16.4. The van der Waals surface area contributed by atoms with Crippen LogP contribution >= 0.6 is 0 Å². The summed E-state index contributed by atoms with van der Waals surface area (Å²) in [6.45, 7) is 1.34. The molecule has 20 heavy (non-hydrogen) atoms. The summed E-state index contributed by atoms with van der Waals surface area (Å²) in [6, 6.07) is 5.11. The predicted octanol–water partition coefficient (Wildman–Crippen LogP) is 2.36. The summed E-state index contributed by atoms with van der Waals surface area (Å²) < 4.78 is 5.64. The number of hydrogen-bond donors (Lipinski definition) is 2. The van der Waals surface area contributed by atoms with Crippen LogP contribution in [0.15, 0.2) is 22.6 Å². The molecule has 2 aromatic rings. The summed E-state index contributed by atoms with van der Waals surface area (Å²) in [7, 11) is 0. The molecule has 1 aromatic heterocycles. The van der Waals surface area contributed by atoms with Gasteiger partial charge in [-0.3, -0.25) is 9.59 Å². The minimum atomic E-state index is -1.15. The molecule has 0 saturated heterocycles. The molecule has 1 aliphatic carbocycles. The van der Waals surface area contributed by atoms with Crippen molar-refractivity contribution in [2.24, 2.45) is 5.92 Å². The van der Waals surface area contributed by atoms with Crippen LogP contribution in [0.2, 0.25) is 0 Å². The van der Waals surface area contributed by atoms with Crippen molar-refractivity contribution in [2.75, 3.05) is 5.32 Å². The topological polar surface area (TPSA) is 92.4 Å². The Labute approximate surface area is 114 Å². The summed E-state index contributed by atoms with van der Waals surface area (Å²) in [5.41, 5.74) is 1.86. The van der Waals surface area contributed by atoms with Crippen molar-refractivity contribution in [1.82, 2.24) is 4.98 Å². The van der Waals surface area contributed by atoms with Gasteiger partial charge in [-0.1, -0.05) is 0 Å². The van der Waals surface area contributed by atoms with Gasteiger partial charge in [0, 0.05) is 17.7 Å². The lowest BCUT2D eigenvalue weighted by Crippen LogP contribution is -2.26. The normalized spacial score (nSPS) is 16.1. The molecule has 1 atom stereocenters. The lowest BCUT2D eigenvalue weighted by Gasteiger charge is -2.07. The summed E-state index contributed by atoms with van der Waals surface area (Å²) in [6.07, 6.45) is 2.21. The Kier molecular flexibility index (Phi) is 2.93. The van der Waals surface area contributed by atoms with Crippen molar-refractivity contribution < 1.29 is 19.1 Å². The molecule has 0 radical (unpaired) electrons. The number of anilines is 1. The minimum absolute atomic E-state index is 0.424. The van der Waals surface area contributed by atoms with Crippen LogP contribution in [0.5, 0.6) is 0 Å². The van der Waals surface area contributed by atoms with E-state index in [1.807, 2.05) is 0 Å². The van der Waals surface area contributed by atoms with Gasteiger partial charge < -0.3 is 14.8 Å². The number of nitrogens with zero attached hydrogens (tertiary/aromatic N) is 1. The van der Waals surface area contributed by atoms with Gasteiger partial charge in [0.1, 0.15) is 11.4 Å². The molecular formula is C14H14N2O4. The van der Waals surface area contributed by atoms with Crippen LogP contribution in [0, 0.1) is 5.92 Å². The average Bonchev–Trinajstić information content (AvgIpc) is 3.17. The number of rotatable bonds is 4. The SMILES string of the molecule is CC(C(=O)O)C(=O)Nc1ccc2nc(C3CC3)oc2c1. The molecule has 3 rings (SSSR count). The van der Waals surface area contributed by atoms with E-state index in [0.29, 0.717) is 17.2 Å². The second-order valence-electron chi connectivity index (χ2n) is 5.06. The number of carbonyl (C=O) groups is 2. The second kappa shape index (κ2) is 4.63. The first-order valence-electron chi connectivity index (χ1n) is 6.49. The monoisotopic (exact) mass is 274 g/mol. The van der Waals surface area contributed by atoms with Crippen LogP contribution in [-0.4, -0.2) is 22.0 Å². The van der Waals surface area contributed by atoms with E-state index in [0.717, 1.165) is 24.2 Å². The van der Waals surface area contributed by atoms with Gasteiger partial charge >= 0.3 is 5.97 Å². The van der Waals surface area contributed by atoms with Crippen LogP contribution in [-0.2, 0) is 9.59 Å². The lowest BCUT2D eigenvalue weighted by molar-refractivity contribution is -0.144. The molecule has 0 aliphatic heterocycles. The van der Waals surface area contributed by atoms with Crippen LogP contribution in [0.3, 0.4) is 0 Å². The molecule has 1 unspecified atom stereocenters. The van der Waals surface area contributed by atoms with Gasteiger partial charge in [-0.2, -0.15) is 0 Å². The summed E-state index contributed by atoms with van der Waals surface area (Å²) in [5, 5.41) is 11.3. The number of carboxylic acids is 1. The van der Waals surface area contributed by atoms with Gasteiger partial charge in [-0.25, -0.2) is 4.98 Å². The first-order chi connectivity index (χ1) is 9.54. The van der Waals surface area contributed by atoms with Crippen molar-refractivity contribution in [3.63, 3.8) is 0 Å². The number of carboxylic acid groups (broad SMARTS) is 1. The molecule has 1 saturated carbocycles. The molecule has 1 heterocycles. The Morgan fingerprint density at radius 1 is 1.45 bits per heavy atom. The Bertz CT molecular complexity index is 688. The van der Waals surface area contributed by atoms with E-state index in [1.165, 1.54) is 6.92 Å². The largest absolute Gasteiger partial charge is 0.481 e. The molecule has 6 heteroatoms. The molecular weight excluding hydrogens is 260 g/mol. The molecule has 1 amide bonds. The number of oxazole rings is 1. The van der Waals surface area contributed by atoms with E-state index in [1.54, 1.807) is 18.2 Å². The third kappa shape index (κ3) is 2.36. The van der Waals surface area contributed by atoms with E-state index >= 15 is 0 Å². The predicted molar refractivity (Wildman–Crippen MR) is 71.4 cm³/mol.